The Labute approximate surface area is 135 Å². The third kappa shape index (κ3) is 11.4. The van der Waals surface area contributed by atoms with Crippen molar-refractivity contribution in [1.29, 1.82) is 0 Å². The van der Waals surface area contributed by atoms with Crippen LogP contribution in [0.3, 0.4) is 0 Å². The highest BCUT2D eigenvalue weighted by Gasteiger charge is 2.22. The fraction of sp³-hybridized carbons (Fsp3) is 0.882. The van der Waals surface area contributed by atoms with Crippen molar-refractivity contribution in [3.8, 4) is 0 Å². The molecule has 0 aliphatic carbocycles. The Hall–Kier alpha value is -1.26. The summed E-state index contributed by atoms with van der Waals surface area (Å²) < 4.78 is 10.1. The lowest BCUT2D eigenvalue weighted by Crippen LogP contribution is -2.42. The number of hydrogen-bond donors (Lipinski definition) is 1. The summed E-state index contributed by atoms with van der Waals surface area (Å²) in [5.41, 5.74) is 0. The molecule has 5 nitrogen and oxygen atoms in total. The molecule has 1 amide bonds. The highest BCUT2D eigenvalue weighted by molar-refractivity contribution is 5.81. The molecule has 0 radical (unpaired) electrons. The van der Waals surface area contributed by atoms with E-state index in [2.05, 4.69) is 19.2 Å². The van der Waals surface area contributed by atoms with Crippen LogP contribution in [0.4, 0.5) is 4.79 Å². The maximum Gasteiger partial charge on any atom is 0.407 e. The van der Waals surface area contributed by atoms with E-state index in [-0.39, 0.29) is 5.97 Å². The van der Waals surface area contributed by atoms with Crippen LogP contribution < -0.4 is 5.32 Å². The van der Waals surface area contributed by atoms with Gasteiger partial charge in [-0.2, -0.15) is 0 Å². The molecule has 0 saturated carbocycles. The number of ether oxygens (including phenoxy) is 2. The highest BCUT2D eigenvalue weighted by atomic mass is 16.6. The van der Waals surface area contributed by atoms with Gasteiger partial charge in [-0.05, 0) is 19.8 Å². The second-order valence-corrected chi connectivity index (χ2v) is 5.49. The number of unbranched alkanes of at least 4 members (excludes halogenated alkanes) is 6. The van der Waals surface area contributed by atoms with Crippen LogP contribution in [0, 0.1) is 0 Å². The molecule has 5 heteroatoms. The van der Waals surface area contributed by atoms with Crippen molar-refractivity contribution >= 4 is 12.1 Å². The molecule has 0 fully saturated rings. The molecule has 1 unspecified atom stereocenters. The van der Waals surface area contributed by atoms with Crippen molar-refractivity contribution in [2.24, 2.45) is 0 Å². The minimum Gasteiger partial charge on any atom is -0.464 e. The van der Waals surface area contributed by atoms with Gasteiger partial charge < -0.3 is 14.8 Å². The Bertz CT molecular complexity index is 294. The van der Waals surface area contributed by atoms with Gasteiger partial charge in [0.1, 0.15) is 6.04 Å². The van der Waals surface area contributed by atoms with Crippen LogP contribution in [0.5, 0.6) is 0 Å². The lowest BCUT2D eigenvalue weighted by atomic mass is 10.1. The van der Waals surface area contributed by atoms with E-state index in [1.54, 1.807) is 6.92 Å². The topological polar surface area (TPSA) is 64.6 Å². The molecule has 130 valence electrons. The van der Waals surface area contributed by atoms with Crippen molar-refractivity contribution in [2.75, 3.05) is 13.2 Å². The van der Waals surface area contributed by atoms with Gasteiger partial charge in [-0.25, -0.2) is 9.59 Å². The van der Waals surface area contributed by atoms with Crippen LogP contribution in [-0.2, 0) is 14.3 Å². The van der Waals surface area contributed by atoms with Gasteiger partial charge in [0, 0.05) is 0 Å². The first-order chi connectivity index (χ1) is 10.7. The summed E-state index contributed by atoms with van der Waals surface area (Å²) in [6.07, 6.45) is 8.53. The zero-order valence-corrected chi connectivity index (χ0v) is 14.5. The molecule has 1 N–H and O–H groups in total. The largest absolute Gasteiger partial charge is 0.464 e. The van der Waals surface area contributed by atoms with Crippen molar-refractivity contribution in [1.82, 2.24) is 5.32 Å². The number of alkyl carbamates (subject to hydrolysis) is 1. The standard InChI is InChI=1S/C17H33NO4/c1-4-7-9-11-13-15(18-17(20)21-6-3)16(19)22-14-12-10-8-5-2/h15H,4-14H2,1-3H3,(H,18,20). The number of rotatable bonds is 13. The molecule has 0 aliphatic heterocycles. The fourth-order valence-electron chi connectivity index (χ4n) is 2.14. The Morgan fingerprint density at radius 1 is 0.864 bits per heavy atom. The average molecular weight is 315 g/mol. The van der Waals surface area contributed by atoms with Gasteiger partial charge in [0.2, 0.25) is 0 Å². The summed E-state index contributed by atoms with van der Waals surface area (Å²) in [4.78, 5) is 23.6. The molecule has 0 aromatic carbocycles. The highest BCUT2D eigenvalue weighted by Crippen LogP contribution is 2.08. The Morgan fingerprint density at radius 3 is 2.09 bits per heavy atom. The third-order valence-electron chi connectivity index (χ3n) is 3.44. The van der Waals surface area contributed by atoms with Crippen LogP contribution >= 0.6 is 0 Å². The van der Waals surface area contributed by atoms with E-state index in [1.807, 2.05) is 0 Å². The maximum absolute atomic E-state index is 12.1. The zero-order valence-electron chi connectivity index (χ0n) is 14.5. The van der Waals surface area contributed by atoms with Crippen molar-refractivity contribution in [3.63, 3.8) is 0 Å². The van der Waals surface area contributed by atoms with Gasteiger partial charge in [-0.1, -0.05) is 58.8 Å². The molecular weight excluding hydrogens is 282 g/mol. The molecule has 0 saturated heterocycles. The Balaban J connectivity index is 4.16. The van der Waals surface area contributed by atoms with Crippen LogP contribution in [0.25, 0.3) is 0 Å². The van der Waals surface area contributed by atoms with Gasteiger partial charge in [-0.3, -0.25) is 0 Å². The second kappa shape index (κ2) is 14.7. The number of carbonyl (C=O) groups excluding carboxylic acids is 2. The van der Waals surface area contributed by atoms with Gasteiger partial charge in [0.25, 0.3) is 0 Å². The lowest BCUT2D eigenvalue weighted by Gasteiger charge is -2.17. The van der Waals surface area contributed by atoms with Gasteiger partial charge >= 0.3 is 12.1 Å². The number of carbonyl (C=O) groups is 2. The van der Waals surface area contributed by atoms with Crippen molar-refractivity contribution < 1.29 is 19.1 Å². The third-order valence-corrected chi connectivity index (χ3v) is 3.44. The predicted octanol–water partition coefficient (Wildman–Crippen LogP) is 4.20. The minimum atomic E-state index is -0.595. The van der Waals surface area contributed by atoms with E-state index in [9.17, 15) is 9.59 Å². The monoisotopic (exact) mass is 315 g/mol. The van der Waals surface area contributed by atoms with E-state index in [1.165, 1.54) is 0 Å². The van der Waals surface area contributed by atoms with E-state index in [0.717, 1.165) is 51.4 Å². The molecule has 1 atom stereocenters. The first-order valence-electron chi connectivity index (χ1n) is 8.75. The van der Waals surface area contributed by atoms with Crippen LogP contribution in [0.1, 0.15) is 78.6 Å². The van der Waals surface area contributed by atoms with E-state index in [0.29, 0.717) is 19.6 Å². The summed E-state index contributed by atoms with van der Waals surface area (Å²) in [6, 6.07) is -0.595. The molecule has 0 aliphatic rings. The zero-order chi connectivity index (χ0) is 16.6. The first-order valence-corrected chi connectivity index (χ1v) is 8.75. The summed E-state index contributed by atoms with van der Waals surface area (Å²) in [5.74, 6) is -0.346. The number of hydrogen-bond acceptors (Lipinski definition) is 4. The second-order valence-electron chi connectivity index (χ2n) is 5.49. The fourth-order valence-corrected chi connectivity index (χ4v) is 2.14. The minimum absolute atomic E-state index is 0.292. The average Bonchev–Trinajstić information content (AvgIpc) is 2.50. The maximum atomic E-state index is 12.1. The van der Waals surface area contributed by atoms with Crippen molar-refractivity contribution in [2.45, 2.75) is 84.6 Å². The van der Waals surface area contributed by atoms with Gasteiger partial charge in [0.05, 0.1) is 13.2 Å². The Kier molecular flexibility index (Phi) is 13.8. The predicted molar refractivity (Wildman–Crippen MR) is 87.8 cm³/mol. The summed E-state index contributed by atoms with van der Waals surface area (Å²) in [5, 5.41) is 2.61. The number of esters is 1. The molecule has 0 spiro atoms. The molecule has 0 bridgehead atoms. The number of amides is 1. The summed E-state index contributed by atoms with van der Waals surface area (Å²) >= 11 is 0. The van der Waals surface area contributed by atoms with E-state index in [4.69, 9.17) is 9.47 Å². The Morgan fingerprint density at radius 2 is 1.50 bits per heavy atom. The molecule has 0 aromatic heterocycles. The SMILES string of the molecule is CCCCCCOC(=O)C(CCCCCC)NC(=O)OCC. The van der Waals surface area contributed by atoms with Crippen LogP contribution in [0.2, 0.25) is 0 Å². The van der Waals surface area contributed by atoms with Gasteiger partial charge in [-0.15, -0.1) is 0 Å². The molecule has 0 aromatic rings. The molecular formula is C17H33NO4. The van der Waals surface area contributed by atoms with Crippen LogP contribution in [-0.4, -0.2) is 31.3 Å². The smallest absolute Gasteiger partial charge is 0.407 e. The van der Waals surface area contributed by atoms with E-state index < -0.39 is 12.1 Å². The first kappa shape index (κ1) is 20.7. The molecule has 22 heavy (non-hydrogen) atoms. The quantitative estimate of drug-likeness (QED) is 0.409. The summed E-state index contributed by atoms with van der Waals surface area (Å²) in [7, 11) is 0. The molecule has 0 rings (SSSR count). The lowest BCUT2D eigenvalue weighted by molar-refractivity contribution is -0.146. The van der Waals surface area contributed by atoms with Crippen molar-refractivity contribution in [3.05, 3.63) is 0 Å². The van der Waals surface area contributed by atoms with Crippen LogP contribution in [0.15, 0.2) is 0 Å². The van der Waals surface area contributed by atoms with Gasteiger partial charge in [0.15, 0.2) is 0 Å². The molecule has 0 heterocycles. The van der Waals surface area contributed by atoms with E-state index >= 15 is 0 Å². The number of nitrogens with one attached hydrogen (secondary N) is 1. The normalized spacial score (nSPS) is 11.8. The summed E-state index contributed by atoms with van der Waals surface area (Å²) in [6.45, 7) is 6.73.